The maximum absolute atomic E-state index is 12.0. The molecule has 0 bridgehead atoms. The van der Waals surface area contributed by atoms with E-state index in [0.717, 1.165) is 27.7 Å². The number of amides is 2. The van der Waals surface area contributed by atoms with E-state index in [1.807, 2.05) is 48.5 Å². The SMILES string of the molecule is O=C(O)c1ccc(/C=C(/CCOc2cccc3ccccc23)CN2C(=O)C=CC2=O)cc1. The molecule has 1 aliphatic heterocycles. The van der Waals surface area contributed by atoms with E-state index < -0.39 is 5.97 Å². The van der Waals surface area contributed by atoms with E-state index in [-0.39, 0.29) is 23.9 Å². The summed E-state index contributed by atoms with van der Waals surface area (Å²) in [6.07, 6.45) is 4.86. The minimum absolute atomic E-state index is 0.143. The lowest BCUT2D eigenvalue weighted by molar-refractivity contribution is -0.136. The van der Waals surface area contributed by atoms with Gasteiger partial charge >= 0.3 is 5.97 Å². The Labute approximate surface area is 185 Å². The normalized spacial score (nSPS) is 13.8. The van der Waals surface area contributed by atoms with Gasteiger partial charge in [0.05, 0.1) is 18.7 Å². The number of hydrogen-bond acceptors (Lipinski definition) is 4. The number of imide groups is 1. The number of ether oxygens (including phenoxy) is 1. The van der Waals surface area contributed by atoms with Gasteiger partial charge in [0.1, 0.15) is 5.75 Å². The Morgan fingerprint density at radius 2 is 1.59 bits per heavy atom. The third-order valence-corrected chi connectivity index (χ3v) is 5.22. The number of fused-ring (bicyclic) bond motifs is 1. The van der Waals surface area contributed by atoms with Gasteiger partial charge < -0.3 is 9.84 Å². The number of carbonyl (C=O) groups excluding carboxylic acids is 2. The zero-order valence-corrected chi connectivity index (χ0v) is 17.2. The van der Waals surface area contributed by atoms with E-state index in [4.69, 9.17) is 9.84 Å². The Morgan fingerprint density at radius 1 is 0.906 bits per heavy atom. The summed E-state index contributed by atoms with van der Waals surface area (Å²) in [7, 11) is 0. The van der Waals surface area contributed by atoms with Crippen LogP contribution >= 0.6 is 0 Å². The van der Waals surface area contributed by atoms with Gasteiger partial charge in [-0.3, -0.25) is 14.5 Å². The van der Waals surface area contributed by atoms with Crippen LogP contribution in [0, 0.1) is 0 Å². The monoisotopic (exact) mass is 427 g/mol. The zero-order chi connectivity index (χ0) is 22.5. The summed E-state index contributed by atoms with van der Waals surface area (Å²) in [5.41, 5.74) is 1.79. The number of nitrogens with zero attached hydrogens (tertiary/aromatic N) is 1. The third kappa shape index (κ3) is 4.75. The molecule has 1 aliphatic rings. The first-order valence-corrected chi connectivity index (χ1v) is 10.2. The topological polar surface area (TPSA) is 83.9 Å². The van der Waals surface area contributed by atoms with Crippen molar-refractivity contribution in [3.05, 3.63) is 95.6 Å². The second-order valence-corrected chi connectivity index (χ2v) is 7.40. The van der Waals surface area contributed by atoms with Gasteiger partial charge in [-0.15, -0.1) is 0 Å². The summed E-state index contributed by atoms with van der Waals surface area (Å²) in [5, 5.41) is 11.2. The molecule has 0 aromatic heterocycles. The fourth-order valence-electron chi connectivity index (χ4n) is 3.56. The Balaban J connectivity index is 1.52. The quantitative estimate of drug-likeness (QED) is 0.542. The average molecular weight is 427 g/mol. The first-order chi connectivity index (χ1) is 15.5. The standard InChI is InChI=1S/C26H21NO5/c28-24-12-13-25(29)27(24)17-19(16-18-8-10-21(11-9-18)26(30)31)14-15-32-23-7-3-5-20-4-1-2-6-22(20)23/h1-13,16H,14-15,17H2,(H,30,31)/b19-16-. The second-order valence-electron chi connectivity index (χ2n) is 7.40. The van der Waals surface area contributed by atoms with Gasteiger partial charge in [0.25, 0.3) is 11.8 Å². The fraction of sp³-hybridized carbons (Fsp3) is 0.115. The highest BCUT2D eigenvalue weighted by Crippen LogP contribution is 2.26. The van der Waals surface area contributed by atoms with Crippen molar-refractivity contribution in [2.75, 3.05) is 13.2 Å². The number of aromatic carboxylic acids is 1. The zero-order valence-electron chi connectivity index (χ0n) is 17.2. The summed E-state index contributed by atoms with van der Waals surface area (Å²) in [4.78, 5) is 36.3. The summed E-state index contributed by atoms with van der Waals surface area (Å²) in [6.45, 7) is 0.501. The summed E-state index contributed by atoms with van der Waals surface area (Å²) >= 11 is 0. The first-order valence-electron chi connectivity index (χ1n) is 10.2. The number of carboxylic acids is 1. The lowest BCUT2D eigenvalue weighted by Crippen LogP contribution is -2.32. The Kier molecular flexibility index (Phi) is 6.12. The van der Waals surface area contributed by atoms with Crippen LogP contribution in [0.5, 0.6) is 5.75 Å². The van der Waals surface area contributed by atoms with Gasteiger partial charge in [-0.25, -0.2) is 4.79 Å². The second kappa shape index (κ2) is 9.31. The van der Waals surface area contributed by atoms with Crippen molar-refractivity contribution in [3.8, 4) is 5.75 Å². The molecule has 0 atom stereocenters. The van der Waals surface area contributed by atoms with Gasteiger partial charge in [0.15, 0.2) is 0 Å². The van der Waals surface area contributed by atoms with Crippen molar-refractivity contribution < 1.29 is 24.2 Å². The van der Waals surface area contributed by atoms with E-state index >= 15 is 0 Å². The molecule has 4 rings (SSSR count). The Bertz CT molecular complexity index is 1220. The van der Waals surface area contributed by atoms with Crippen LogP contribution in [0.2, 0.25) is 0 Å². The summed E-state index contributed by atoms with van der Waals surface area (Å²) in [6, 6.07) is 20.2. The fourth-order valence-corrected chi connectivity index (χ4v) is 3.56. The molecule has 160 valence electrons. The Hall–Kier alpha value is -4.19. The molecule has 3 aromatic rings. The molecule has 6 nitrogen and oxygen atoms in total. The third-order valence-electron chi connectivity index (χ3n) is 5.22. The predicted octanol–water partition coefficient (Wildman–Crippen LogP) is 4.32. The molecule has 0 radical (unpaired) electrons. The molecule has 0 saturated carbocycles. The molecule has 0 spiro atoms. The number of benzene rings is 3. The molecule has 1 N–H and O–H groups in total. The van der Waals surface area contributed by atoms with Crippen LogP contribution in [-0.2, 0) is 9.59 Å². The van der Waals surface area contributed by atoms with Crippen molar-refractivity contribution >= 4 is 34.6 Å². The highest BCUT2D eigenvalue weighted by atomic mass is 16.5. The number of rotatable bonds is 8. The van der Waals surface area contributed by atoms with Crippen LogP contribution in [0.15, 0.2) is 84.5 Å². The smallest absolute Gasteiger partial charge is 0.335 e. The van der Waals surface area contributed by atoms with Crippen LogP contribution in [0.25, 0.3) is 16.8 Å². The molecule has 0 aliphatic carbocycles. The number of carboxylic acid groups (broad SMARTS) is 1. The van der Waals surface area contributed by atoms with Gasteiger partial charge in [-0.2, -0.15) is 0 Å². The van der Waals surface area contributed by atoms with E-state index in [1.165, 1.54) is 29.2 Å². The summed E-state index contributed by atoms with van der Waals surface area (Å²) < 4.78 is 6.03. The van der Waals surface area contributed by atoms with Crippen molar-refractivity contribution in [3.63, 3.8) is 0 Å². The highest BCUT2D eigenvalue weighted by Gasteiger charge is 2.24. The van der Waals surface area contributed by atoms with E-state index in [2.05, 4.69) is 0 Å². The molecule has 2 amide bonds. The molecule has 1 heterocycles. The van der Waals surface area contributed by atoms with Gasteiger partial charge in [0, 0.05) is 24.0 Å². The van der Waals surface area contributed by atoms with Crippen LogP contribution < -0.4 is 4.74 Å². The van der Waals surface area contributed by atoms with Crippen molar-refractivity contribution in [2.45, 2.75) is 6.42 Å². The minimum atomic E-state index is -0.997. The van der Waals surface area contributed by atoms with E-state index in [1.54, 1.807) is 12.1 Å². The highest BCUT2D eigenvalue weighted by molar-refractivity contribution is 6.13. The molecule has 32 heavy (non-hydrogen) atoms. The maximum atomic E-state index is 12.0. The number of carbonyl (C=O) groups is 3. The lowest BCUT2D eigenvalue weighted by Gasteiger charge is -2.17. The van der Waals surface area contributed by atoms with Crippen LogP contribution in [-0.4, -0.2) is 40.9 Å². The molecular weight excluding hydrogens is 406 g/mol. The summed E-state index contributed by atoms with van der Waals surface area (Å²) in [5.74, 6) is -0.930. The van der Waals surface area contributed by atoms with Gasteiger partial charge in [-0.1, -0.05) is 54.6 Å². The van der Waals surface area contributed by atoms with Crippen molar-refractivity contribution in [2.24, 2.45) is 0 Å². The van der Waals surface area contributed by atoms with Gasteiger partial charge in [0.2, 0.25) is 0 Å². The Morgan fingerprint density at radius 3 is 2.31 bits per heavy atom. The molecule has 3 aromatic carbocycles. The average Bonchev–Trinajstić information content (AvgIpc) is 3.11. The molecule has 6 heteroatoms. The van der Waals surface area contributed by atoms with Crippen LogP contribution in [0.1, 0.15) is 22.3 Å². The predicted molar refractivity (Wildman–Crippen MR) is 121 cm³/mol. The minimum Gasteiger partial charge on any atom is -0.493 e. The molecule has 0 fully saturated rings. The van der Waals surface area contributed by atoms with Gasteiger partial charge in [-0.05, 0) is 34.7 Å². The molecule has 0 unspecified atom stereocenters. The van der Waals surface area contributed by atoms with E-state index in [9.17, 15) is 14.4 Å². The van der Waals surface area contributed by atoms with Crippen LogP contribution in [0.3, 0.4) is 0 Å². The van der Waals surface area contributed by atoms with E-state index in [0.29, 0.717) is 13.0 Å². The molecule has 0 saturated heterocycles. The maximum Gasteiger partial charge on any atom is 0.335 e. The molecular formula is C26H21NO5. The van der Waals surface area contributed by atoms with Crippen molar-refractivity contribution in [1.82, 2.24) is 4.90 Å². The number of hydrogen-bond donors (Lipinski definition) is 1. The van der Waals surface area contributed by atoms with Crippen LogP contribution in [0.4, 0.5) is 0 Å². The first kappa shape index (κ1) is 21.1. The largest absolute Gasteiger partial charge is 0.493 e. The van der Waals surface area contributed by atoms with Crippen molar-refractivity contribution in [1.29, 1.82) is 0 Å². The lowest BCUT2D eigenvalue weighted by atomic mass is 10.1.